The molecule has 0 atom stereocenters. The molecular weight excluding hydrogens is 242 g/mol. The monoisotopic (exact) mass is 263 g/mol. The molecule has 4 heteroatoms. The van der Waals surface area contributed by atoms with Crippen molar-refractivity contribution in [2.24, 2.45) is 0 Å². The van der Waals surface area contributed by atoms with Gasteiger partial charge in [-0.2, -0.15) is 0 Å². The molecule has 1 aromatic rings. The third-order valence-electron chi connectivity index (χ3n) is 2.76. The third-order valence-corrected chi connectivity index (χ3v) is 2.76. The highest BCUT2D eigenvalue weighted by atomic mass is 16.5. The van der Waals surface area contributed by atoms with Crippen LogP contribution in [0, 0.1) is 0 Å². The molecule has 0 aliphatic carbocycles. The summed E-state index contributed by atoms with van der Waals surface area (Å²) in [5, 5.41) is 10.6. The molecule has 1 heterocycles. The number of carbonyl (C=O) groups is 1. The fourth-order valence-electron chi connectivity index (χ4n) is 1.59. The van der Waals surface area contributed by atoms with E-state index in [0.717, 1.165) is 44.6 Å². The molecule has 0 aliphatic rings. The van der Waals surface area contributed by atoms with Crippen molar-refractivity contribution in [2.45, 2.75) is 32.7 Å². The first-order valence-electron chi connectivity index (χ1n) is 6.52. The Hall–Kier alpha value is -1.68. The number of carboxylic acid groups (broad SMARTS) is 1. The van der Waals surface area contributed by atoms with E-state index in [4.69, 9.17) is 4.74 Å². The molecule has 0 unspecified atom stereocenters. The number of carboxylic acids is 1. The molecule has 0 radical (unpaired) electrons. The zero-order valence-corrected chi connectivity index (χ0v) is 11.4. The van der Waals surface area contributed by atoms with Gasteiger partial charge in [-0.05, 0) is 19.8 Å². The zero-order valence-electron chi connectivity index (χ0n) is 11.4. The lowest BCUT2D eigenvalue weighted by molar-refractivity contribution is -0.697. The van der Waals surface area contributed by atoms with Crippen molar-refractivity contribution in [1.82, 2.24) is 0 Å². The van der Waals surface area contributed by atoms with Crippen LogP contribution in [-0.2, 0) is 11.3 Å². The quantitative estimate of drug-likeness (QED) is 0.381. The van der Waals surface area contributed by atoms with Crippen LogP contribution in [0.1, 0.15) is 36.5 Å². The van der Waals surface area contributed by atoms with E-state index in [0.29, 0.717) is 0 Å². The van der Waals surface area contributed by atoms with Gasteiger partial charge in [0.2, 0.25) is 0 Å². The lowest BCUT2D eigenvalue weighted by Gasteiger charge is -2.03. The second-order valence-corrected chi connectivity index (χ2v) is 4.64. The number of unbranched alkanes of at least 4 members (excludes halogenated alkanes) is 1. The Balaban J connectivity index is 2.12. The zero-order chi connectivity index (χ0) is 14.1. The molecule has 0 N–H and O–H groups in total. The van der Waals surface area contributed by atoms with Gasteiger partial charge in [-0.3, -0.25) is 0 Å². The van der Waals surface area contributed by atoms with Crippen LogP contribution < -0.4 is 9.67 Å². The lowest BCUT2D eigenvalue weighted by atomic mass is 10.2. The first kappa shape index (κ1) is 15.4. The smallest absolute Gasteiger partial charge is 0.169 e. The average Bonchev–Trinajstić information content (AvgIpc) is 2.38. The topological polar surface area (TPSA) is 53.2 Å². The highest BCUT2D eigenvalue weighted by Crippen LogP contribution is 1.98. The van der Waals surface area contributed by atoms with Crippen molar-refractivity contribution < 1.29 is 19.2 Å². The number of hydrogen-bond donors (Lipinski definition) is 0. The molecule has 1 aromatic heterocycles. The Morgan fingerprint density at radius 1 is 1.32 bits per heavy atom. The molecule has 0 aliphatic heterocycles. The Morgan fingerprint density at radius 2 is 2.00 bits per heavy atom. The number of aromatic carboxylic acids is 1. The van der Waals surface area contributed by atoms with Gasteiger partial charge in [0, 0.05) is 30.7 Å². The van der Waals surface area contributed by atoms with Gasteiger partial charge in [-0.25, -0.2) is 4.57 Å². The summed E-state index contributed by atoms with van der Waals surface area (Å²) in [6, 6.07) is 3.11. The fraction of sp³-hybridized carbons (Fsp3) is 0.467. The Kier molecular flexibility index (Phi) is 6.82. The number of rotatable bonds is 9. The largest absolute Gasteiger partial charge is 0.545 e. The molecule has 19 heavy (non-hydrogen) atoms. The van der Waals surface area contributed by atoms with Crippen LogP contribution in [0.3, 0.4) is 0 Å². The van der Waals surface area contributed by atoms with Crippen molar-refractivity contribution >= 4 is 5.97 Å². The van der Waals surface area contributed by atoms with E-state index in [1.54, 1.807) is 24.5 Å². The summed E-state index contributed by atoms with van der Waals surface area (Å²) in [6.07, 6.45) is 6.42. The van der Waals surface area contributed by atoms with Crippen LogP contribution in [0.5, 0.6) is 0 Å². The molecular formula is C15H21NO3. The van der Waals surface area contributed by atoms with E-state index < -0.39 is 5.97 Å². The number of carbonyl (C=O) groups excluding carboxylic acids is 1. The van der Waals surface area contributed by atoms with Gasteiger partial charge in [-0.15, -0.1) is 6.58 Å². The number of ether oxygens (including phenoxy) is 1. The summed E-state index contributed by atoms with van der Waals surface area (Å²) in [5.74, 6) is -1.14. The fourth-order valence-corrected chi connectivity index (χ4v) is 1.59. The van der Waals surface area contributed by atoms with E-state index in [1.165, 1.54) is 0 Å². The lowest BCUT2D eigenvalue weighted by Crippen LogP contribution is -2.34. The summed E-state index contributed by atoms with van der Waals surface area (Å²) in [7, 11) is 0. The standard InChI is InChI=1S/C15H21NO3/c1-13(2)7-12-19-11-4-3-8-16-9-5-14(6-10-16)15(17)18/h5-6,9-10H,1,3-4,7-8,11-12H2,2H3. The van der Waals surface area contributed by atoms with Crippen molar-refractivity contribution in [3.63, 3.8) is 0 Å². The van der Waals surface area contributed by atoms with Crippen LogP contribution in [0.2, 0.25) is 0 Å². The molecule has 0 fully saturated rings. The van der Waals surface area contributed by atoms with Gasteiger partial charge < -0.3 is 14.6 Å². The summed E-state index contributed by atoms with van der Waals surface area (Å²) in [4.78, 5) is 10.6. The van der Waals surface area contributed by atoms with Gasteiger partial charge >= 0.3 is 0 Å². The predicted molar refractivity (Wildman–Crippen MR) is 70.5 cm³/mol. The maximum absolute atomic E-state index is 10.6. The van der Waals surface area contributed by atoms with E-state index in [9.17, 15) is 9.90 Å². The molecule has 104 valence electrons. The van der Waals surface area contributed by atoms with Gasteiger partial charge in [-0.1, -0.05) is 5.57 Å². The minimum Gasteiger partial charge on any atom is -0.545 e. The maximum Gasteiger partial charge on any atom is 0.169 e. The van der Waals surface area contributed by atoms with E-state index in [1.807, 2.05) is 11.5 Å². The Morgan fingerprint density at radius 3 is 2.58 bits per heavy atom. The summed E-state index contributed by atoms with van der Waals surface area (Å²) < 4.78 is 7.44. The number of hydrogen-bond acceptors (Lipinski definition) is 3. The van der Waals surface area contributed by atoms with Crippen molar-refractivity contribution in [2.75, 3.05) is 13.2 Å². The van der Waals surface area contributed by atoms with Crippen LogP contribution >= 0.6 is 0 Å². The van der Waals surface area contributed by atoms with Crippen molar-refractivity contribution in [1.29, 1.82) is 0 Å². The van der Waals surface area contributed by atoms with E-state index in [-0.39, 0.29) is 5.56 Å². The predicted octanol–water partition coefficient (Wildman–Crippen LogP) is 1.10. The molecule has 1 rings (SSSR count). The van der Waals surface area contributed by atoms with Crippen LogP contribution in [0.25, 0.3) is 0 Å². The Labute approximate surface area is 114 Å². The molecule has 0 saturated carbocycles. The van der Waals surface area contributed by atoms with Gasteiger partial charge in [0.1, 0.15) is 6.54 Å². The highest BCUT2D eigenvalue weighted by Gasteiger charge is 2.01. The van der Waals surface area contributed by atoms with Crippen LogP contribution in [0.15, 0.2) is 36.7 Å². The first-order chi connectivity index (χ1) is 9.09. The molecule has 4 nitrogen and oxygen atoms in total. The first-order valence-corrected chi connectivity index (χ1v) is 6.52. The minimum absolute atomic E-state index is 0.208. The number of aryl methyl sites for hydroxylation is 1. The summed E-state index contributed by atoms with van der Waals surface area (Å²) in [5.41, 5.74) is 1.35. The molecule has 0 aromatic carbocycles. The van der Waals surface area contributed by atoms with Gasteiger partial charge in [0.15, 0.2) is 12.4 Å². The summed E-state index contributed by atoms with van der Waals surface area (Å²) in [6.45, 7) is 8.17. The number of aromatic nitrogens is 1. The van der Waals surface area contributed by atoms with E-state index in [2.05, 4.69) is 6.58 Å². The normalized spacial score (nSPS) is 10.4. The maximum atomic E-state index is 10.6. The van der Waals surface area contributed by atoms with Crippen molar-refractivity contribution in [3.8, 4) is 0 Å². The number of pyridine rings is 1. The minimum atomic E-state index is -1.14. The molecule has 0 saturated heterocycles. The molecule has 0 bridgehead atoms. The third kappa shape index (κ3) is 6.72. The SMILES string of the molecule is C=C(C)CCOCCCC[n+]1ccc(C(=O)[O-])cc1. The second-order valence-electron chi connectivity index (χ2n) is 4.64. The highest BCUT2D eigenvalue weighted by molar-refractivity contribution is 5.85. The van der Waals surface area contributed by atoms with Crippen molar-refractivity contribution in [3.05, 3.63) is 42.2 Å². The van der Waals surface area contributed by atoms with Gasteiger partial charge in [0.05, 0.1) is 12.6 Å². The molecule has 0 amide bonds. The summed E-state index contributed by atoms with van der Waals surface area (Å²) >= 11 is 0. The number of nitrogens with zero attached hydrogens (tertiary/aromatic N) is 1. The molecule has 0 spiro atoms. The average molecular weight is 263 g/mol. The van der Waals surface area contributed by atoms with Crippen LogP contribution in [0.4, 0.5) is 0 Å². The second kappa shape index (κ2) is 8.43. The van der Waals surface area contributed by atoms with Gasteiger partial charge in [0.25, 0.3) is 0 Å². The van der Waals surface area contributed by atoms with Crippen LogP contribution in [-0.4, -0.2) is 19.2 Å². The Bertz CT molecular complexity index is 412. The van der Waals surface area contributed by atoms with E-state index >= 15 is 0 Å².